The lowest BCUT2D eigenvalue weighted by atomic mass is 10.0. The van der Waals surface area contributed by atoms with Gasteiger partial charge in [0.25, 0.3) is 0 Å². The molecule has 0 bridgehead atoms. The Bertz CT molecular complexity index is 2970. The van der Waals surface area contributed by atoms with Gasteiger partial charge in [-0.3, -0.25) is 0 Å². The Labute approximate surface area is 291 Å². The fourth-order valence-electron chi connectivity index (χ4n) is 7.71. The van der Waals surface area contributed by atoms with Crippen LogP contribution in [0.4, 0.5) is 0 Å². The molecule has 0 atom stereocenters. The quantitative estimate of drug-likeness (QED) is 0.189. The van der Waals surface area contributed by atoms with Gasteiger partial charge in [0.1, 0.15) is 22.3 Å². The van der Waals surface area contributed by atoms with Crippen molar-refractivity contribution in [1.82, 2.24) is 19.5 Å². The van der Waals surface area contributed by atoms with Gasteiger partial charge in [-0.1, -0.05) is 97.1 Å². The van der Waals surface area contributed by atoms with Crippen LogP contribution in [0.5, 0.6) is 0 Å². The van der Waals surface area contributed by atoms with E-state index < -0.39 is 0 Å². The normalized spacial score (nSPS) is 12.9. The summed E-state index contributed by atoms with van der Waals surface area (Å²) < 4.78 is 15.4. The number of nitrogens with zero attached hydrogens (tertiary/aromatic N) is 4. The van der Waals surface area contributed by atoms with Gasteiger partial charge >= 0.3 is 0 Å². The van der Waals surface area contributed by atoms with Crippen molar-refractivity contribution in [3.8, 4) is 39.9 Å². The molecule has 240 valence electrons. The third-order valence-electron chi connectivity index (χ3n) is 10.1. The van der Waals surface area contributed by atoms with E-state index >= 15 is 0 Å². The average molecular weight is 657 g/mol. The third kappa shape index (κ3) is 4.40. The van der Waals surface area contributed by atoms with Gasteiger partial charge in [0.15, 0.2) is 17.5 Å². The van der Waals surface area contributed by atoms with Gasteiger partial charge in [0.2, 0.25) is 0 Å². The minimum atomic E-state index is 0.598. The largest absolute Gasteiger partial charge is 0.456 e. The maximum Gasteiger partial charge on any atom is 0.164 e. The van der Waals surface area contributed by atoms with E-state index in [2.05, 4.69) is 71.3 Å². The molecule has 0 amide bonds. The van der Waals surface area contributed by atoms with E-state index in [1.54, 1.807) is 0 Å². The first-order valence-corrected chi connectivity index (χ1v) is 17.2. The van der Waals surface area contributed by atoms with Gasteiger partial charge < -0.3 is 13.4 Å². The number of aromatic nitrogens is 4. The van der Waals surface area contributed by atoms with Crippen molar-refractivity contribution in [2.75, 3.05) is 0 Å². The summed E-state index contributed by atoms with van der Waals surface area (Å²) in [4.78, 5) is 14.7. The van der Waals surface area contributed by atoms with E-state index in [4.69, 9.17) is 23.8 Å². The van der Waals surface area contributed by atoms with Crippen LogP contribution in [0.2, 0.25) is 0 Å². The summed E-state index contributed by atoms with van der Waals surface area (Å²) in [6.07, 6.45) is 6.53. The minimum absolute atomic E-state index is 0.598. The zero-order chi connectivity index (χ0) is 33.5. The van der Waals surface area contributed by atoms with Crippen LogP contribution in [0.1, 0.15) is 17.7 Å². The topological polar surface area (TPSA) is 69.9 Å². The van der Waals surface area contributed by atoms with E-state index in [1.807, 2.05) is 78.9 Å². The second-order valence-corrected chi connectivity index (χ2v) is 13.1. The summed E-state index contributed by atoms with van der Waals surface area (Å²) in [6, 6.07) is 45.6. The number of fused-ring (bicyclic) bond motifs is 9. The lowest BCUT2D eigenvalue weighted by Crippen LogP contribution is -2.02. The van der Waals surface area contributed by atoms with Crippen LogP contribution >= 0.6 is 0 Å². The number of para-hydroxylation sites is 1. The molecule has 6 heteroatoms. The van der Waals surface area contributed by atoms with Crippen LogP contribution in [0, 0.1) is 0 Å². The SMILES string of the molecule is C1=Cc2c(n(-c3ccc4c(c3)oc3cc(-c5nc(-c6ccccc6)nc(-c6ccccc6)n5)ccc34)c3cc4oc5ccccc5c4cc23)CC1. The molecule has 1 aliphatic rings. The van der Waals surface area contributed by atoms with Gasteiger partial charge in [-0.15, -0.1) is 0 Å². The summed E-state index contributed by atoms with van der Waals surface area (Å²) in [7, 11) is 0. The van der Waals surface area contributed by atoms with Crippen molar-refractivity contribution in [1.29, 1.82) is 0 Å². The monoisotopic (exact) mass is 656 g/mol. The van der Waals surface area contributed by atoms with Gasteiger partial charge in [-0.05, 0) is 49.2 Å². The molecule has 6 nitrogen and oxygen atoms in total. The zero-order valence-corrected chi connectivity index (χ0v) is 27.4. The molecule has 51 heavy (non-hydrogen) atoms. The van der Waals surface area contributed by atoms with Crippen LogP contribution in [0.25, 0.3) is 101 Å². The standard InChI is InChI=1S/C45H28N4O2/c1-3-11-27(12-4-1)43-46-44(28-13-5-2-6-14-28)48-45(47-43)29-19-21-33-34-22-20-30(24-41(34)51-40(33)23-29)49-37-17-9-7-15-31(37)35-25-36-32-16-8-10-18-39(32)50-42(36)26-38(35)49/h1-8,10-16,18-26H,9,17H2. The zero-order valence-electron chi connectivity index (χ0n) is 27.4. The van der Waals surface area contributed by atoms with Gasteiger partial charge in [0.05, 0.1) is 5.52 Å². The first-order valence-electron chi connectivity index (χ1n) is 17.2. The molecule has 0 saturated heterocycles. The fourth-order valence-corrected chi connectivity index (χ4v) is 7.71. The van der Waals surface area contributed by atoms with Crippen molar-refractivity contribution >= 4 is 60.9 Å². The predicted octanol–water partition coefficient (Wildman–Crippen LogP) is 11.6. The third-order valence-corrected chi connectivity index (χ3v) is 10.1. The summed E-state index contributed by atoms with van der Waals surface area (Å²) in [5, 5.41) is 5.63. The Morgan fingerprint density at radius 3 is 1.84 bits per heavy atom. The Morgan fingerprint density at radius 2 is 1.08 bits per heavy atom. The molecule has 0 fully saturated rings. The fraction of sp³-hybridized carbons (Fsp3) is 0.0444. The molecular weight excluding hydrogens is 629 g/mol. The number of furan rings is 2. The van der Waals surface area contributed by atoms with Crippen molar-refractivity contribution in [2.24, 2.45) is 0 Å². The summed E-state index contributed by atoms with van der Waals surface area (Å²) >= 11 is 0. The van der Waals surface area contributed by atoms with Gasteiger partial charge in [-0.25, -0.2) is 15.0 Å². The summed E-state index contributed by atoms with van der Waals surface area (Å²) in [5.41, 5.74) is 10.9. The van der Waals surface area contributed by atoms with Crippen LogP contribution < -0.4 is 0 Å². The molecule has 0 unspecified atom stereocenters. The van der Waals surface area contributed by atoms with E-state index in [-0.39, 0.29) is 0 Å². The minimum Gasteiger partial charge on any atom is -0.456 e. The van der Waals surface area contributed by atoms with E-state index in [1.165, 1.54) is 16.6 Å². The van der Waals surface area contributed by atoms with Crippen LogP contribution in [-0.4, -0.2) is 19.5 Å². The van der Waals surface area contributed by atoms with E-state index in [9.17, 15) is 0 Å². The van der Waals surface area contributed by atoms with Crippen molar-refractivity contribution < 1.29 is 8.83 Å². The molecule has 11 rings (SSSR count). The second-order valence-electron chi connectivity index (χ2n) is 13.1. The molecule has 10 aromatic rings. The molecule has 0 N–H and O–H groups in total. The van der Waals surface area contributed by atoms with E-state index in [0.29, 0.717) is 17.5 Å². The second kappa shape index (κ2) is 10.9. The molecule has 0 radical (unpaired) electrons. The number of benzene rings is 6. The first kappa shape index (κ1) is 28.1. The lowest BCUT2D eigenvalue weighted by Gasteiger charge is -2.13. The number of rotatable bonds is 4. The Hall–Kier alpha value is -6.79. The first-order chi connectivity index (χ1) is 25.2. The summed E-state index contributed by atoms with van der Waals surface area (Å²) in [6.45, 7) is 0. The highest BCUT2D eigenvalue weighted by Crippen LogP contribution is 2.40. The average Bonchev–Trinajstić information content (AvgIpc) is 3.85. The molecule has 0 aliphatic heterocycles. The highest BCUT2D eigenvalue weighted by atomic mass is 16.3. The van der Waals surface area contributed by atoms with Gasteiger partial charge in [-0.2, -0.15) is 0 Å². The smallest absolute Gasteiger partial charge is 0.164 e. The maximum atomic E-state index is 6.63. The molecule has 0 spiro atoms. The van der Waals surface area contributed by atoms with Crippen LogP contribution in [-0.2, 0) is 6.42 Å². The molecule has 4 heterocycles. The van der Waals surface area contributed by atoms with Crippen molar-refractivity contribution in [2.45, 2.75) is 12.8 Å². The molecule has 4 aromatic heterocycles. The number of hydrogen-bond acceptors (Lipinski definition) is 5. The van der Waals surface area contributed by atoms with Gasteiger partial charge in [0, 0.05) is 72.7 Å². The van der Waals surface area contributed by atoms with Crippen molar-refractivity contribution in [3.05, 3.63) is 151 Å². The molecule has 1 aliphatic carbocycles. The predicted molar refractivity (Wildman–Crippen MR) is 205 cm³/mol. The lowest BCUT2D eigenvalue weighted by molar-refractivity contribution is 0.668. The van der Waals surface area contributed by atoms with Crippen LogP contribution in [0.3, 0.4) is 0 Å². The molecule has 0 saturated carbocycles. The van der Waals surface area contributed by atoms with E-state index in [0.717, 1.165) is 84.6 Å². The number of hydrogen-bond donors (Lipinski definition) is 0. The van der Waals surface area contributed by atoms with Crippen LogP contribution in [0.15, 0.2) is 148 Å². The highest BCUT2D eigenvalue weighted by molar-refractivity contribution is 6.12. The molecular formula is C45H28N4O2. The molecule has 6 aromatic carbocycles. The Morgan fingerprint density at radius 1 is 0.471 bits per heavy atom. The summed E-state index contributed by atoms with van der Waals surface area (Å²) in [5.74, 6) is 1.86. The Balaban J connectivity index is 1.06. The highest BCUT2D eigenvalue weighted by Gasteiger charge is 2.22. The maximum absolute atomic E-state index is 6.63. The Kier molecular flexibility index (Phi) is 5.98. The van der Waals surface area contributed by atoms with Crippen molar-refractivity contribution in [3.63, 3.8) is 0 Å². The number of allylic oxidation sites excluding steroid dienone is 1.